The highest BCUT2D eigenvalue weighted by molar-refractivity contribution is 5.95. The molecule has 0 fully saturated rings. The van der Waals surface area contributed by atoms with E-state index in [1.165, 1.54) is 0 Å². The average molecular weight is 445 g/mol. The summed E-state index contributed by atoms with van der Waals surface area (Å²) < 4.78 is 0. The Bertz CT molecular complexity index is 1060. The Kier molecular flexibility index (Phi) is 8.59. The normalized spacial score (nSPS) is 10.2. The fraction of sp³-hybridized carbons (Fsp3) is 0.192. The van der Waals surface area contributed by atoms with Crippen molar-refractivity contribution in [3.8, 4) is 0 Å². The molecule has 7 heteroatoms. The van der Waals surface area contributed by atoms with Crippen molar-refractivity contribution in [1.82, 2.24) is 0 Å². The molecule has 0 saturated heterocycles. The van der Waals surface area contributed by atoms with E-state index in [0.717, 1.165) is 11.3 Å². The van der Waals surface area contributed by atoms with Crippen LogP contribution in [0.25, 0.3) is 0 Å². The monoisotopic (exact) mass is 444 g/mol. The van der Waals surface area contributed by atoms with Crippen LogP contribution in [-0.2, 0) is 20.8 Å². The molecule has 0 aliphatic rings. The van der Waals surface area contributed by atoms with Crippen LogP contribution in [0.3, 0.4) is 0 Å². The lowest BCUT2D eigenvalue weighted by Gasteiger charge is -2.10. The number of carbonyl (C=O) groups is 3. The van der Waals surface area contributed by atoms with Gasteiger partial charge in [0.05, 0.1) is 6.54 Å². The Labute approximate surface area is 193 Å². The van der Waals surface area contributed by atoms with Gasteiger partial charge in [-0.05, 0) is 60.5 Å². The predicted octanol–water partition coefficient (Wildman–Crippen LogP) is 4.66. The molecule has 7 nitrogen and oxygen atoms in total. The molecule has 3 rings (SSSR count). The van der Waals surface area contributed by atoms with E-state index in [1.54, 1.807) is 43.3 Å². The number of benzene rings is 3. The zero-order chi connectivity index (χ0) is 23.5. The van der Waals surface area contributed by atoms with Gasteiger partial charge in [-0.2, -0.15) is 0 Å². The van der Waals surface area contributed by atoms with Crippen molar-refractivity contribution < 1.29 is 14.4 Å². The number of nitrogens with one attached hydrogen (secondary N) is 4. The third kappa shape index (κ3) is 8.14. The quantitative estimate of drug-likeness (QED) is 0.366. The second kappa shape index (κ2) is 12.0. The van der Waals surface area contributed by atoms with E-state index >= 15 is 0 Å². The van der Waals surface area contributed by atoms with Gasteiger partial charge in [-0.3, -0.25) is 14.4 Å². The maximum atomic E-state index is 12.2. The van der Waals surface area contributed by atoms with Gasteiger partial charge in [0.2, 0.25) is 17.7 Å². The Morgan fingerprint density at radius 3 is 1.64 bits per heavy atom. The zero-order valence-electron chi connectivity index (χ0n) is 18.6. The molecule has 0 atom stereocenters. The molecule has 0 aliphatic carbocycles. The van der Waals surface area contributed by atoms with Crippen LogP contribution in [0, 0.1) is 0 Å². The van der Waals surface area contributed by atoms with Crippen LogP contribution in [0.1, 0.15) is 25.3 Å². The number of rotatable bonds is 10. The second-order valence-corrected chi connectivity index (χ2v) is 7.49. The van der Waals surface area contributed by atoms with Gasteiger partial charge >= 0.3 is 0 Å². The molecule has 0 aliphatic heterocycles. The van der Waals surface area contributed by atoms with E-state index in [2.05, 4.69) is 21.3 Å². The van der Waals surface area contributed by atoms with Crippen molar-refractivity contribution in [2.75, 3.05) is 27.8 Å². The number of amides is 3. The van der Waals surface area contributed by atoms with Crippen molar-refractivity contribution in [3.05, 3.63) is 84.4 Å². The average Bonchev–Trinajstić information content (AvgIpc) is 2.84. The number of aryl methyl sites for hydroxylation is 1. The zero-order valence-corrected chi connectivity index (χ0v) is 18.6. The summed E-state index contributed by atoms with van der Waals surface area (Å²) >= 11 is 0. The third-order valence-electron chi connectivity index (χ3n) is 4.88. The van der Waals surface area contributed by atoms with Crippen molar-refractivity contribution in [3.63, 3.8) is 0 Å². The molecule has 0 saturated carbocycles. The topological polar surface area (TPSA) is 99.3 Å². The van der Waals surface area contributed by atoms with Crippen molar-refractivity contribution in [2.45, 2.75) is 26.2 Å². The molecule has 4 N–H and O–H groups in total. The highest BCUT2D eigenvalue weighted by atomic mass is 16.2. The number of hydrogen-bond donors (Lipinski definition) is 4. The maximum Gasteiger partial charge on any atom is 0.243 e. The first-order chi connectivity index (χ1) is 16.0. The summed E-state index contributed by atoms with van der Waals surface area (Å²) in [6.45, 7) is 1.88. The number of hydrogen-bond acceptors (Lipinski definition) is 4. The van der Waals surface area contributed by atoms with Gasteiger partial charge in [-0.15, -0.1) is 0 Å². The Hall–Kier alpha value is -4.13. The third-order valence-corrected chi connectivity index (χ3v) is 4.88. The Morgan fingerprint density at radius 1 is 0.606 bits per heavy atom. The van der Waals surface area contributed by atoms with E-state index in [4.69, 9.17) is 0 Å². The Morgan fingerprint density at radius 2 is 1.09 bits per heavy atom. The van der Waals surface area contributed by atoms with Gasteiger partial charge < -0.3 is 21.3 Å². The molecule has 0 aromatic heterocycles. The summed E-state index contributed by atoms with van der Waals surface area (Å²) in [7, 11) is 0. The van der Waals surface area contributed by atoms with E-state index in [-0.39, 0.29) is 24.3 Å². The molecule has 3 aromatic carbocycles. The number of carbonyl (C=O) groups excluding carboxylic acids is 3. The van der Waals surface area contributed by atoms with Crippen LogP contribution < -0.4 is 21.3 Å². The molecule has 0 radical (unpaired) electrons. The van der Waals surface area contributed by atoms with E-state index in [0.29, 0.717) is 36.3 Å². The molecule has 0 bridgehead atoms. The first-order valence-electron chi connectivity index (χ1n) is 10.9. The first-order valence-corrected chi connectivity index (χ1v) is 10.9. The summed E-state index contributed by atoms with van der Waals surface area (Å²) in [6, 6.07) is 24.1. The van der Waals surface area contributed by atoms with Crippen LogP contribution in [0.4, 0.5) is 22.7 Å². The standard InChI is InChI=1S/C26H28N4O3/c1-2-24(31)28-21-13-15-23(16-14-21)30-26(33)18-27-20-9-11-22(12-10-20)29-25(32)17-8-19-6-4-3-5-7-19/h3-7,9-16,27H,2,8,17-18H2,1H3,(H,28,31)(H,29,32)(H,30,33). The predicted molar refractivity (Wildman–Crippen MR) is 132 cm³/mol. The largest absolute Gasteiger partial charge is 0.376 e. The molecular weight excluding hydrogens is 416 g/mol. The lowest BCUT2D eigenvalue weighted by atomic mass is 10.1. The summed E-state index contributed by atoms with van der Waals surface area (Å²) in [4.78, 5) is 35.8. The minimum Gasteiger partial charge on any atom is -0.376 e. The van der Waals surface area contributed by atoms with Gasteiger partial charge in [-0.1, -0.05) is 37.3 Å². The lowest BCUT2D eigenvalue weighted by molar-refractivity contribution is -0.116. The van der Waals surface area contributed by atoms with E-state index in [1.807, 2.05) is 42.5 Å². The SMILES string of the molecule is CCC(=O)Nc1ccc(NC(=O)CNc2ccc(NC(=O)CCc3ccccc3)cc2)cc1. The van der Waals surface area contributed by atoms with Crippen molar-refractivity contribution >= 4 is 40.5 Å². The minimum atomic E-state index is -0.196. The summed E-state index contributed by atoms with van der Waals surface area (Å²) in [5, 5.41) is 11.5. The van der Waals surface area contributed by atoms with Crippen LogP contribution in [0.5, 0.6) is 0 Å². The summed E-state index contributed by atoms with van der Waals surface area (Å²) in [5.74, 6) is -0.299. The molecule has 0 heterocycles. The molecule has 3 aromatic rings. The molecular formula is C26H28N4O3. The van der Waals surface area contributed by atoms with E-state index in [9.17, 15) is 14.4 Å². The lowest BCUT2D eigenvalue weighted by Crippen LogP contribution is -2.21. The smallest absolute Gasteiger partial charge is 0.243 e. The van der Waals surface area contributed by atoms with Gasteiger partial charge in [0.15, 0.2) is 0 Å². The van der Waals surface area contributed by atoms with Crippen molar-refractivity contribution in [1.29, 1.82) is 0 Å². The van der Waals surface area contributed by atoms with Crippen LogP contribution in [-0.4, -0.2) is 24.3 Å². The van der Waals surface area contributed by atoms with Gasteiger partial charge in [0, 0.05) is 35.6 Å². The maximum absolute atomic E-state index is 12.2. The minimum absolute atomic E-state index is 0.0424. The van der Waals surface area contributed by atoms with Gasteiger partial charge in [0.1, 0.15) is 0 Å². The number of anilines is 4. The molecule has 33 heavy (non-hydrogen) atoms. The molecule has 3 amide bonds. The van der Waals surface area contributed by atoms with Crippen LogP contribution in [0.2, 0.25) is 0 Å². The van der Waals surface area contributed by atoms with Crippen LogP contribution >= 0.6 is 0 Å². The highest BCUT2D eigenvalue weighted by Gasteiger charge is 2.06. The van der Waals surface area contributed by atoms with Crippen LogP contribution in [0.15, 0.2) is 78.9 Å². The summed E-state index contributed by atoms with van der Waals surface area (Å²) in [6.07, 6.45) is 1.51. The first kappa shape index (κ1) is 23.5. The van der Waals surface area contributed by atoms with Crippen molar-refractivity contribution in [2.24, 2.45) is 0 Å². The molecule has 170 valence electrons. The van der Waals surface area contributed by atoms with E-state index < -0.39 is 0 Å². The molecule has 0 spiro atoms. The summed E-state index contributed by atoms with van der Waals surface area (Å²) in [5.41, 5.74) is 3.93. The van der Waals surface area contributed by atoms with Gasteiger partial charge in [-0.25, -0.2) is 0 Å². The highest BCUT2D eigenvalue weighted by Crippen LogP contribution is 2.16. The Balaban J connectivity index is 1.40. The fourth-order valence-corrected chi connectivity index (χ4v) is 3.07. The fourth-order valence-electron chi connectivity index (χ4n) is 3.07. The molecule has 0 unspecified atom stereocenters. The second-order valence-electron chi connectivity index (χ2n) is 7.49. The van der Waals surface area contributed by atoms with Gasteiger partial charge in [0.25, 0.3) is 0 Å².